The number of benzene rings is 1. The molecule has 2 rings (SSSR count). The third kappa shape index (κ3) is 13.3. The standard InChI is InChI=1S/C42H71N5O8/c1-15-27(4)35(46(12)38(50)34(26(2)3)45-40(52)42(9,10)43-11)32(53-13)25-33(48)47-23-19-22-31(47)36(54-14)28(5)37(49)44-30(39(51)55-41(6,7)8)24-29-20-17-16-18-21-29/h16-18,20-21,26-28,30-32,34-36,43H,15,19,22-25H2,1-14H3,(H,44,49)(H,45,52). The molecule has 55 heavy (non-hydrogen) atoms. The number of carbonyl (C=O) groups excluding carboxylic acids is 5. The summed E-state index contributed by atoms with van der Waals surface area (Å²) in [5.74, 6) is -2.57. The Kier molecular flexibility index (Phi) is 18.3. The lowest BCUT2D eigenvalue weighted by Crippen LogP contribution is -2.61. The van der Waals surface area contributed by atoms with Crippen molar-refractivity contribution < 1.29 is 38.2 Å². The number of esters is 1. The van der Waals surface area contributed by atoms with E-state index in [9.17, 15) is 24.0 Å². The van der Waals surface area contributed by atoms with Crippen molar-refractivity contribution in [3.8, 4) is 0 Å². The molecule has 0 saturated carbocycles. The minimum Gasteiger partial charge on any atom is -0.458 e. The molecule has 1 aromatic rings. The molecule has 13 nitrogen and oxygen atoms in total. The van der Waals surface area contributed by atoms with Crippen LogP contribution in [0, 0.1) is 17.8 Å². The first-order valence-corrected chi connectivity index (χ1v) is 19.8. The van der Waals surface area contributed by atoms with Gasteiger partial charge < -0.3 is 40.0 Å². The van der Waals surface area contributed by atoms with Crippen molar-refractivity contribution in [2.24, 2.45) is 17.8 Å². The van der Waals surface area contributed by atoms with E-state index in [1.165, 1.54) is 7.11 Å². The van der Waals surface area contributed by atoms with Crippen molar-refractivity contribution in [2.45, 2.75) is 149 Å². The van der Waals surface area contributed by atoms with Crippen LogP contribution in [0.4, 0.5) is 0 Å². The minimum atomic E-state index is -0.923. The van der Waals surface area contributed by atoms with E-state index in [0.717, 1.165) is 18.4 Å². The number of amides is 4. The summed E-state index contributed by atoms with van der Waals surface area (Å²) in [6.45, 7) is 18.9. The van der Waals surface area contributed by atoms with Gasteiger partial charge in [0.25, 0.3) is 0 Å². The molecule has 8 atom stereocenters. The molecule has 0 bridgehead atoms. The van der Waals surface area contributed by atoms with Gasteiger partial charge in [-0.25, -0.2) is 4.79 Å². The van der Waals surface area contributed by atoms with Crippen LogP contribution in [0.1, 0.15) is 100 Å². The van der Waals surface area contributed by atoms with Gasteiger partial charge in [-0.3, -0.25) is 19.2 Å². The quantitative estimate of drug-likeness (QED) is 0.166. The highest BCUT2D eigenvalue weighted by Gasteiger charge is 2.43. The van der Waals surface area contributed by atoms with E-state index >= 15 is 0 Å². The zero-order valence-corrected chi connectivity index (χ0v) is 36.0. The Morgan fingerprint density at radius 2 is 1.56 bits per heavy atom. The predicted octanol–water partition coefficient (Wildman–Crippen LogP) is 4.11. The van der Waals surface area contributed by atoms with Crippen LogP contribution >= 0.6 is 0 Å². The van der Waals surface area contributed by atoms with Crippen LogP contribution in [-0.2, 0) is 44.6 Å². The topological polar surface area (TPSA) is 156 Å². The number of rotatable bonds is 20. The fraction of sp³-hybridized carbons (Fsp3) is 0.738. The van der Waals surface area contributed by atoms with Gasteiger partial charge in [0, 0.05) is 34.2 Å². The molecule has 1 heterocycles. The van der Waals surface area contributed by atoms with Crippen molar-refractivity contribution in [1.82, 2.24) is 25.8 Å². The maximum Gasteiger partial charge on any atom is 0.329 e. The molecule has 1 fully saturated rings. The molecule has 312 valence electrons. The Hall–Kier alpha value is -3.55. The number of hydrogen-bond donors (Lipinski definition) is 3. The molecule has 4 amide bonds. The molecule has 1 aliphatic rings. The predicted molar refractivity (Wildman–Crippen MR) is 214 cm³/mol. The Labute approximate surface area is 330 Å². The monoisotopic (exact) mass is 774 g/mol. The van der Waals surface area contributed by atoms with Crippen molar-refractivity contribution in [2.75, 3.05) is 34.9 Å². The molecular weight excluding hydrogens is 702 g/mol. The fourth-order valence-corrected chi connectivity index (χ4v) is 7.19. The second kappa shape index (κ2) is 21.1. The van der Waals surface area contributed by atoms with Gasteiger partial charge in [0.1, 0.15) is 17.7 Å². The van der Waals surface area contributed by atoms with Gasteiger partial charge >= 0.3 is 5.97 Å². The highest BCUT2D eigenvalue weighted by atomic mass is 16.6. The molecule has 1 aliphatic heterocycles. The van der Waals surface area contributed by atoms with E-state index in [0.29, 0.717) is 13.0 Å². The third-order valence-electron chi connectivity index (χ3n) is 11.0. The summed E-state index contributed by atoms with van der Waals surface area (Å²) in [5, 5.41) is 8.86. The average molecular weight is 774 g/mol. The van der Waals surface area contributed by atoms with Crippen molar-refractivity contribution in [3.05, 3.63) is 35.9 Å². The van der Waals surface area contributed by atoms with E-state index < -0.39 is 59.4 Å². The van der Waals surface area contributed by atoms with Crippen LogP contribution in [0.2, 0.25) is 0 Å². The summed E-state index contributed by atoms with van der Waals surface area (Å²) >= 11 is 0. The highest BCUT2D eigenvalue weighted by Crippen LogP contribution is 2.30. The van der Waals surface area contributed by atoms with Crippen molar-refractivity contribution >= 4 is 29.6 Å². The summed E-state index contributed by atoms with van der Waals surface area (Å²) < 4.78 is 17.6. The number of methoxy groups -OCH3 is 2. The second-order valence-electron chi connectivity index (χ2n) is 16.9. The lowest BCUT2D eigenvalue weighted by molar-refractivity contribution is -0.159. The molecule has 0 spiro atoms. The molecule has 8 unspecified atom stereocenters. The van der Waals surface area contributed by atoms with Crippen LogP contribution in [0.15, 0.2) is 30.3 Å². The Morgan fingerprint density at radius 3 is 2.07 bits per heavy atom. The van der Waals surface area contributed by atoms with Gasteiger partial charge in [0.05, 0.1) is 42.2 Å². The smallest absolute Gasteiger partial charge is 0.329 e. The van der Waals surface area contributed by atoms with Gasteiger partial charge in [0.15, 0.2) is 0 Å². The molecular formula is C42H71N5O8. The molecule has 13 heteroatoms. The zero-order chi connectivity index (χ0) is 41.8. The van der Waals surface area contributed by atoms with E-state index in [1.807, 2.05) is 58.0 Å². The highest BCUT2D eigenvalue weighted by molar-refractivity contribution is 5.92. The van der Waals surface area contributed by atoms with Crippen molar-refractivity contribution in [3.63, 3.8) is 0 Å². The van der Waals surface area contributed by atoms with Gasteiger partial charge in [0.2, 0.25) is 23.6 Å². The largest absolute Gasteiger partial charge is 0.458 e. The number of likely N-dealkylation sites (tertiary alicyclic amines) is 1. The van der Waals surface area contributed by atoms with Crippen LogP contribution < -0.4 is 16.0 Å². The Balaban J connectivity index is 2.31. The number of hydrogen-bond acceptors (Lipinski definition) is 9. The van der Waals surface area contributed by atoms with Crippen LogP contribution in [-0.4, -0.2) is 122 Å². The molecule has 0 aromatic heterocycles. The van der Waals surface area contributed by atoms with E-state index in [2.05, 4.69) is 16.0 Å². The molecule has 0 aliphatic carbocycles. The lowest BCUT2D eigenvalue weighted by Gasteiger charge is -2.41. The summed E-state index contributed by atoms with van der Waals surface area (Å²) in [5.41, 5.74) is -0.746. The average Bonchev–Trinajstić information content (AvgIpc) is 3.62. The van der Waals surface area contributed by atoms with E-state index in [1.54, 1.807) is 72.5 Å². The SMILES string of the molecule is CCC(C)C(C(CC(=O)N1CCCC1C(OC)C(C)C(=O)NC(Cc1ccccc1)C(=O)OC(C)(C)C)OC)N(C)C(=O)C(NC(=O)C(C)(C)NC)C(C)C. The van der Waals surface area contributed by atoms with Gasteiger partial charge in [-0.15, -0.1) is 0 Å². The van der Waals surface area contributed by atoms with Gasteiger partial charge in [-0.1, -0.05) is 71.4 Å². The first kappa shape index (κ1) is 47.6. The Bertz CT molecular complexity index is 1410. The first-order valence-electron chi connectivity index (χ1n) is 19.8. The normalized spacial score (nSPS) is 18.7. The zero-order valence-electron chi connectivity index (χ0n) is 36.0. The number of nitrogens with one attached hydrogen (secondary N) is 3. The lowest BCUT2D eigenvalue weighted by atomic mass is 9.89. The number of ether oxygens (including phenoxy) is 3. The Morgan fingerprint density at radius 1 is 0.945 bits per heavy atom. The van der Waals surface area contributed by atoms with E-state index in [-0.39, 0.29) is 48.3 Å². The van der Waals surface area contributed by atoms with Crippen molar-refractivity contribution in [1.29, 1.82) is 0 Å². The van der Waals surface area contributed by atoms with Crippen LogP contribution in [0.3, 0.4) is 0 Å². The summed E-state index contributed by atoms with van der Waals surface area (Å²) in [6.07, 6.45) is 1.03. The minimum absolute atomic E-state index is 0.0000772. The molecule has 1 aromatic carbocycles. The fourth-order valence-electron chi connectivity index (χ4n) is 7.19. The molecule has 0 radical (unpaired) electrons. The second-order valence-corrected chi connectivity index (χ2v) is 16.9. The first-order chi connectivity index (χ1) is 25.6. The number of nitrogens with zero attached hydrogens (tertiary/aromatic N) is 2. The molecule has 1 saturated heterocycles. The van der Waals surface area contributed by atoms with Crippen LogP contribution in [0.5, 0.6) is 0 Å². The molecule has 3 N–H and O–H groups in total. The number of carbonyl (C=O) groups is 5. The summed E-state index contributed by atoms with van der Waals surface area (Å²) in [6, 6.07) is 6.85. The van der Waals surface area contributed by atoms with Gasteiger partial charge in [-0.2, -0.15) is 0 Å². The maximum atomic E-state index is 14.2. The van der Waals surface area contributed by atoms with Crippen LogP contribution in [0.25, 0.3) is 0 Å². The van der Waals surface area contributed by atoms with Gasteiger partial charge in [-0.05, 0) is 71.9 Å². The summed E-state index contributed by atoms with van der Waals surface area (Å²) in [7, 11) is 6.49. The maximum absolute atomic E-state index is 14.2. The number of likely N-dealkylation sites (N-methyl/N-ethyl adjacent to an activating group) is 2. The summed E-state index contributed by atoms with van der Waals surface area (Å²) in [4.78, 5) is 72.0. The third-order valence-corrected chi connectivity index (χ3v) is 11.0. The van der Waals surface area contributed by atoms with E-state index in [4.69, 9.17) is 14.2 Å².